The van der Waals surface area contributed by atoms with Crippen LogP contribution in [-0.2, 0) is 17.8 Å². The van der Waals surface area contributed by atoms with Crippen molar-refractivity contribution in [2.75, 3.05) is 18.0 Å². The van der Waals surface area contributed by atoms with E-state index in [-0.39, 0.29) is 12.6 Å². The van der Waals surface area contributed by atoms with E-state index in [1.54, 1.807) is 23.0 Å². The van der Waals surface area contributed by atoms with E-state index < -0.39 is 11.9 Å². The van der Waals surface area contributed by atoms with E-state index in [9.17, 15) is 9.18 Å². The zero-order chi connectivity index (χ0) is 20.4. The second kappa shape index (κ2) is 7.98. The van der Waals surface area contributed by atoms with E-state index in [4.69, 9.17) is 16.2 Å². The fraction of sp³-hybridized carbons (Fsp3) is 0.250. The van der Waals surface area contributed by atoms with E-state index in [0.717, 1.165) is 16.8 Å². The molecule has 1 aliphatic heterocycles. The summed E-state index contributed by atoms with van der Waals surface area (Å²) >= 11 is 0. The quantitative estimate of drug-likeness (QED) is 0.658. The van der Waals surface area contributed by atoms with Gasteiger partial charge in [0.2, 0.25) is 0 Å². The number of nitrogens with zero attached hydrogens (tertiary/aromatic N) is 4. The Hall–Kier alpha value is -3.30. The van der Waals surface area contributed by atoms with Gasteiger partial charge in [0.15, 0.2) is 0 Å². The lowest BCUT2D eigenvalue weighted by Crippen LogP contribution is -2.27. The number of halogens is 1. The Labute approximate surface area is 166 Å². The highest BCUT2D eigenvalue weighted by atomic mass is 19.1. The molecule has 0 radical (unpaired) electrons. The molecule has 1 amide bonds. The van der Waals surface area contributed by atoms with E-state index in [0.29, 0.717) is 30.9 Å². The molecule has 2 heterocycles. The van der Waals surface area contributed by atoms with Crippen LogP contribution in [0.5, 0.6) is 0 Å². The van der Waals surface area contributed by atoms with Crippen molar-refractivity contribution in [2.45, 2.75) is 19.2 Å². The maximum atomic E-state index is 14.7. The molecule has 3 aromatic rings. The van der Waals surface area contributed by atoms with Gasteiger partial charge in [0.25, 0.3) is 0 Å². The number of benzene rings is 2. The van der Waals surface area contributed by atoms with Gasteiger partial charge in [0, 0.05) is 18.7 Å². The van der Waals surface area contributed by atoms with Crippen molar-refractivity contribution in [3.8, 4) is 11.1 Å². The van der Waals surface area contributed by atoms with Crippen LogP contribution in [0.1, 0.15) is 11.3 Å². The van der Waals surface area contributed by atoms with Gasteiger partial charge in [-0.2, -0.15) is 0 Å². The van der Waals surface area contributed by atoms with Crippen molar-refractivity contribution in [3.63, 3.8) is 0 Å². The highest BCUT2D eigenvalue weighted by Crippen LogP contribution is 2.29. The fourth-order valence-electron chi connectivity index (χ4n) is 3.25. The molecule has 1 aromatic heterocycles. The van der Waals surface area contributed by atoms with Gasteiger partial charge >= 0.3 is 6.09 Å². The van der Waals surface area contributed by atoms with Crippen LogP contribution < -0.4 is 16.4 Å². The minimum atomic E-state index is -0.511. The first kappa shape index (κ1) is 19.0. The highest BCUT2D eigenvalue weighted by molar-refractivity contribution is 5.90. The summed E-state index contributed by atoms with van der Waals surface area (Å²) in [6.45, 7) is 1.44. The minimum Gasteiger partial charge on any atom is -0.443 e. The molecule has 9 heteroatoms. The SMILES string of the molecule is NCc1cn(Cc2ccc(-c3ccc(N4C[C@H](CN)OC4=O)cc3F)cc2)nn1. The molecule has 1 fully saturated rings. The van der Waals surface area contributed by atoms with E-state index >= 15 is 0 Å². The summed E-state index contributed by atoms with van der Waals surface area (Å²) in [4.78, 5) is 13.3. The largest absolute Gasteiger partial charge is 0.443 e. The molecular weight excluding hydrogens is 375 g/mol. The number of hydrogen-bond donors (Lipinski definition) is 2. The third kappa shape index (κ3) is 3.96. The second-order valence-corrected chi connectivity index (χ2v) is 6.82. The standard InChI is InChI=1S/C20H21FN6O2/c21-19-7-16(27-12-17(9-23)29-20(27)28)5-6-18(19)14-3-1-13(2-4-14)10-26-11-15(8-22)24-25-26/h1-7,11,17H,8-10,12,22-23H2/t17-/m0/s1. The van der Waals surface area contributed by atoms with Crippen LogP contribution in [0.4, 0.5) is 14.9 Å². The summed E-state index contributed by atoms with van der Waals surface area (Å²) < 4.78 is 21.6. The molecule has 8 nitrogen and oxygen atoms in total. The third-order valence-corrected chi connectivity index (χ3v) is 4.81. The van der Waals surface area contributed by atoms with Gasteiger partial charge in [-0.3, -0.25) is 4.90 Å². The van der Waals surface area contributed by atoms with E-state index in [1.807, 2.05) is 24.3 Å². The maximum absolute atomic E-state index is 14.7. The lowest BCUT2D eigenvalue weighted by atomic mass is 10.0. The smallest absolute Gasteiger partial charge is 0.414 e. The molecule has 0 spiro atoms. The van der Waals surface area contributed by atoms with Crippen LogP contribution in [0, 0.1) is 5.82 Å². The number of anilines is 1. The number of hydrogen-bond acceptors (Lipinski definition) is 6. The first-order chi connectivity index (χ1) is 14.1. The van der Waals surface area contributed by atoms with Crippen LogP contribution >= 0.6 is 0 Å². The molecule has 0 unspecified atom stereocenters. The Balaban J connectivity index is 1.50. The van der Waals surface area contributed by atoms with Crippen molar-refractivity contribution in [1.82, 2.24) is 15.0 Å². The van der Waals surface area contributed by atoms with Crippen molar-refractivity contribution < 1.29 is 13.9 Å². The molecule has 0 aliphatic carbocycles. The van der Waals surface area contributed by atoms with Crippen molar-refractivity contribution in [1.29, 1.82) is 0 Å². The molecular formula is C20H21FN6O2. The molecule has 1 atom stereocenters. The lowest BCUT2D eigenvalue weighted by Gasteiger charge is -2.14. The van der Waals surface area contributed by atoms with Gasteiger partial charge < -0.3 is 16.2 Å². The number of aromatic nitrogens is 3. The summed E-state index contributed by atoms with van der Waals surface area (Å²) in [6.07, 6.45) is 0.914. The molecule has 0 saturated carbocycles. The van der Waals surface area contributed by atoms with E-state index in [2.05, 4.69) is 10.3 Å². The fourth-order valence-corrected chi connectivity index (χ4v) is 3.25. The predicted octanol–water partition coefficient (Wildman–Crippen LogP) is 1.88. The van der Waals surface area contributed by atoms with Crippen molar-refractivity contribution in [3.05, 3.63) is 65.7 Å². The van der Waals surface area contributed by atoms with Gasteiger partial charge in [0.05, 0.1) is 30.7 Å². The van der Waals surface area contributed by atoms with Crippen LogP contribution in [0.25, 0.3) is 11.1 Å². The highest BCUT2D eigenvalue weighted by Gasteiger charge is 2.31. The van der Waals surface area contributed by atoms with Crippen LogP contribution in [0.2, 0.25) is 0 Å². The number of carbonyl (C=O) groups is 1. The average molecular weight is 396 g/mol. The predicted molar refractivity (Wildman–Crippen MR) is 106 cm³/mol. The van der Waals surface area contributed by atoms with Gasteiger partial charge in [-0.25, -0.2) is 13.9 Å². The minimum absolute atomic E-state index is 0.233. The number of carbonyl (C=O) groups excluding carboxylic acids is 1. The molecule has 4 rings (SSSR count). The summed E-state index contributed by atoms with van der Waals surface area (Å²) in [6, 6.07) is 12.2. The van der Waals surface area contributed by atoms with Gasteiger partial charge in [-0.05, 0) is 29.3 Å². The van der Waals surface area contributed by atoms with Gasteiger partial charge in [0.1, 0.15) is 11.9 Å². The number of cyclic esters (lactones) is 1. The first-order valence-electron chi connectivity index (χ1n) is 9.23. The molecule has 0 bridgehead atoms. The molecule has 2 aromatic carbocycles. The van der Waals surface area contributed by atoms with Gasteiger partial charge in [-0.15, -0.1) is 5.10 Å². The normalized spacial score (nSPS) is 16.3. The Morgan fingerprint density at radius 1 is 1.17 bits per heavy atom. The summed E-state index contributed by atoms with van der Waals surface area (Å²) in [7, 11) is 0. The molecule has 4 N–H and O–H groups in total. The topological polar surface area (TPSA) is 112 Å². The Morgan fingerprint density at radius 2 is 1.97 bits per heavy atom. The number of ether oxygens (including phenoxy) is 1. The Morgan fingerprint density at radius 3 is 2.59 bits per heavy atom. The summed E-state index contributed by atoms with van der Waals surface area (Å²) in [5.74, 6) is -0.414. The van der Waals surface area contributed by atoms with Crippen molar-refractivity contribution in [2.24, 2.45) is 11.5 Å². The second-order valence-electron chi connectivity index (χ2n) is 6.82. The number of nitrogens with two attached hydrogens (primary N) is 2. The molecule has 1 saturated heterocycles. The molecule has 29 heavy (non-hydrogen) atoms. The zero-order valence-corrected chi connectivity index (χ0v) is 15.7. The summed E-state index contributed by atoms with van der Waals surface area (Å²) in [5.41, 5.74) is 14.5. The monoisotopic (exact) mass is 396 g/mol. The third-order valence-electron chi connectivity index (χ3n) is 4.81. The van der Waals surface area contributed by atoms with E-state index in [1.165, 1.54) is 11.0 Å². The number of amides is 1. The number of rotatable bonds is 6. The Bertz CT molecular complexity index is 1020. The van der Waals surface area contributed by atoms with Crippen LogP contribution in [0.15, 0.2) is 48.7 Å². The first-order valence-corrected chi connectivity index (χ1v) is 9.23. The maximum Gasteiger partial charge on any atom is 0.414 e. The van der Waals surface area contributed by atoms with Gasteiger partial charge in [-0.1, -0.05) is 29.5 Å². The summed E-state index contributed by atoms with van der Waals surface area (Å²) in [5, 5.41) is 7.98. The molecule has 1 aliphatic rings. The van der Waals surface area contributed by atoms with Crippen LogP contribution in [-0.4, -0.2) is 40.3 Å². The van der Waals surface area contributed by atoms with Crippen LogP contribution in [0.3, 0.4) is 0 Å². The molecule has 150 valence electrons. The van der Waals surface area contributed by atoms with Crippen molar-refractivity contribution >= 4 is 11.8 Å². The lowest BCUT2D eigenvalue weighted by molar-refractivity contribution is 0.145. The Kier molecular flexibility index (Phi) is 5.24. The zero-order valence-electron chi connectivity index (χ0n) is 15.7. The average Bonchev–Trinajstić information content (AvgIpc) is 3.34.